The summed E-state index contributed by atoms with van der Waals surface area (Å²) >= 11 is 0. The van der Waals surface area contributed by atoms with E-state index in [1.165, 1.54) is 5.56 Å². The zero-order chi connectivity index (χ0) is 11.4. The Kier molecular flexibility index (Phi) is 3.80. The monoisotopic (exact) mass is 270 g/mol. The third kappa shape index (κ3) is 2.94. The van der Waals surface area contributed by atoms with E-state index in [9.17, 15) is 0 Å². The highest BCUT2D eigenvalue weighted by atomic mass is 36.0. The van der Waals surface area contributed by atoms with Gasteiger partial charge in [0.1, 0.15) is 0 Å². The number of hydrogen-bond donors (Lipinski definition) is 0. The molecule has 0 N–H and O–H groups in total. The van der Waals surface area contributed by atoms with Gasteiger partial charge < -0.3 is 0 Å². The van der Waals surface area contributed by atoms with Crippen LogP contribution in [0.3, 0.4) is 0 Å². The maximum Gasteiger partial charge on any atom is 0.0323 e. The minimum Gasteiger partial charge on any atom is -0.0622 e. The summed E-state index contributed by atoms with van der Waals surface area (Å²) < 4.78 is 0. The summed E-state index contributed by atoms with van der Waals surface area (Å²) in [5.41, 5.74) is 1.17. The Bertz CT molecular complexity index is 440. The smallest absolute Gasteiger partial charge is 0.0323 e. The summed E-state index contributed by atoms with van der Waals surface area (Å²) in [6, 6.07) is 20.0. The molecule has 3 heteroatoms. The summed E-state index contributed by atoms with van der Waals surface area (Å²) in [5, 5.41) is 0. The Morgan fingerprint density at radius 3 is 1.81 bits per heavy atom. The number of benzene rings is 2. The molecular formula is C13H12Cl2S. The fourth-order valence-electron chi connectivity index (χ4n) is 1.49. The molecule has 0 aliphatic carbocycles. The van der Waals surface area contributed by atoms with Crippen LogP contribution in [0.15, 0.2) is 65.6 Å². The van der Waals surface area contributed by atoms with Crippen LogP contribution >= 0.6 is 29.8 Å². The van der Waals surface area contributed by atoms with Gasteiger partial charge in [0, 0.05) is 10.6 Å². The van der Waals surface area contributed by atoms with Crippen LogP contribution in [-0.4, -0.2) is 0 Å². The topological polar surface area (TPSA) is 0 Å². The van der Waals surface area contributed by atoms with Crippen LogP contribution in [0.1, 0.15) is 5.56 Å². The predicted octanol–water partition coefficient (Wildman–Crippen LogP) is 5.36. The fourth-order valence-corrected chi connectivity index (χ4v) is 4.19. The summed E-state index contributed by atoms with van der Waals surface area (Å²) in [7, 11) is 11.1. The molecule has 0 bridgehead atoms. The molecule has 0 fully saturated rings. The average Bonchev–Trinajstić information content (AvgIpc) is 2.31. The van der Waals surface area contributed by atoms with Gasteiger partial charge in [-0.15, -0.1) is 0 Å². The third-order valence-electron chi connectivity index (χ3n) is 2.28. The van der Waals surface area contributed by atoms with E-state index in [0.717, 1.165) is 4.90 Å². The highest BCUT2D eigenvalue weighted by Crippen LogP contribution is 2.66. The minimum absolute atomic E-state index is 0.695. The van der Waals surface area contributed by atoms with Crippen molar-refractivity contribution >= 4 is 29.8 Å². The van der Waals surface area contributed by atoms with E-state index in [1.54, 1.807) is 0 Å². The average molecular weight is 271 g/mol. The van der Waals surface area contributed by atoms with Crippen molar-refractivity contribution in [2.75, 3.05) is 0 Å². The third-order valence-corrected chi connectivity index (χ3v) is 5.66. The van der Waals surface area contributed by atoms with Crippen molar-refractivity contribution in [3.05, 3.63) is 66.2 Å². The van der Waals surface area contributed by atoms with Crippen molar-refractivity contribution < 1.29 is 0 Å². The molecule has 2 aromatic carbocycles. The molecule has 0 saturated carbocycles. The first-order chi connectivity index (χ1) is 7.68. The van der Waals surface area contributed by atoms with E-state index in [0.29, 0.717) is 5.75 Å². The van der Waals surface area contributed by atoms with Crippen molar-refractivity contribution in [3.8, 4) is 0 Å². The molecule has 0 spiro atoms. The normalized spacial score (nSPS) is 12.4. The quantitative estimate of drug-likeness (QED) is 0.705. The molecule has 0 heterocycles. The molecule has 0 atom stereocenters. The maximum atomic E-state index is 6.44. The van der Waals surface area contributed by atoms with Gasteiger partial charge in [-0.3, -0.25) is 0 Å². The van der Waals surface area contributed by atoms with Crippen molar-refractivity contribution in [3.63, 3.8) is 0 Å². The van der Waals surface area contributed by atoms with Crippen LogP contribution in [0.5, 0.6) is 0 Å². The first-order valence-electron chi connectivity index (χ1n) is 4.98. The van der Waals surface area contributed by atoms with Crippen molar-refractivity contribution in [2.24, 2.45) is 0 Å². The van der Waals surface area contributed by atoms with Gasteiger partial charge in [0.15, 0.2) is 0 Å². The van der Waals surface area contributed by atoms with E-state index < -0.39 is 8.46 Å². The molecule has 84 valence electrons. The Morgan fingerprint density at radius 1 is 0.750 bits per heavy atom. The number of halogens is 2. The second-order valence-electron chi connectivity index (χ2n) is 3.52. The second kappa shape index (κ2) is 5.13. The SMILES string of the molecule is ClS(Cl)(Cc1ccccc1)c1ccccc1. The Hall–Kier alpha value is -0.630. The highest BCUT2D eigenvalue weighted by molar-refractivity contribution is 8.65. The Balaban J connectivity index is 2.21. The molecule has 0 saturated heterocycles. The lowest BCUT2D eigenvalue weighted by atomic mass is 10.2. The molecule has 2 rings (SSSR count). The zero-order valence-electron chi connectivity index (χ0n) is 8.64. The van der Waals surface area contributed by atoms with Crippen molar-refractivity contribution in [1.82, 2.24) is 0 Å². The van der Waals surface area contributed by atoms with Crippen LogP contribution in [0, 0.1) is 0 Å². The van der Waals surface area contributed by atoms with Crippen LogP contribution < -0.4 is 0 Å². The molecular weight excluding hydrogens is 259 g/mol. The van der Waals surface area contributed by atoms with Crippen molar-refractivity contribution in [1.29, 1.82) is 0 Å². The van der Waals surface area contributed by atoms with E-state index in [-0.39, 0.29) is 0 Å². The van der Waals surface area contributed by atoms with E-state index in [1.807, 2.05) is 48.5 Å². The fraction of sp³-hybridized carbons (Fsp3) is 0.0769. The summed E-state index contributed by atoms with van der Waals surface area (Å²) in [4.78, 5) is 1.02. The van der Waals surface area contributed by atoms with Gasteiger partial charge in [-0.2, -0.15) is 0 Å². The second-order valence-corrected chi connectivity index (χ2v) is 9.06. The van der Waals surface area contributed by atoms with Gasteiger partial charge in [-0.1, -0.05) is 57.0 Å². The number of hydrogen-bond acceptors (Lipinski definition) is 0. The van der Waals surface area contributed by atoms with Gasteiger partial charge in [0.05, 0.1) is 0 Å². The van der Waals surface area contributed by atoms with Crippen LogP contribution in [-0.2, 0) is 5.75 Å². The molecule has 16 heavy (non-hydrogen) atoms. The van der Waals surface area contributed by atoms with E-state index in [4.69, 9.17) is 21.4 Å². The molecule has 0 amide bonds. The van der Waals surface area contributed by atoms with Crippen LogP contribution in [0.4, 0.5) is 0 Å². The van der Waals surface area contributed by atoms with Crippen LogP contribution in [0.25, 0.3) is 0 Å². The lowest BCUT2D eigenvalue weighted by Crippen LogP contribution is -1.90. The highest BCUT2D eigenvalue weighted by Gasteiger charge is 2.20. The predicted molar refractivity (Wildman–Crippen MR) is 74.2 cm³/mol. The maximum absolute atomic E-state index is 6.44. The number of rotatable bonds is 3. The molecule has 0 radical (unpaired) electrons. The molecule has 2 aromatic rings. The van der Waals surface area contributed by atoms with Gasteiger partial charge in [-0.05, 0) is 39.1 Å². The first kappa shape index (κ1) is 11.8. The lowest BCUT2D eigenvalue weighted by Gasteiger charge is -2.25. The summed E-state index contributed by atoms with van der Waals surface area (Å²) in [6.45, 7) is 0. The van der Waals surface area contributed by atoms with Gasteiger partial charge in [0.2, 0.25) is 0 Å². The Labute approximate surface area is 107 Å². The molecule has 0 unspecified atom stereocenters. The van der Waals surface area contributed by atoms with Gasteiger partial charge in [-0.25, -0.2) is 0 Å². The largest absolute Gasteiger partial charge is 0.0622 e. The lowest BCUT2D eigenvalue weighted by molar-refractivity contribution is 1.37. The van der Waals surface area contributed by atoms with Gasteiger partial charge in [0.25, 0.3) is 0 Å². The summed E-state index contributed by atoms with van der Waals surface area (Å²) in [6.07, 6.45) is 0. The zero-order valence-corrected chi connectivity index (χ0v) is 11.0. The van der Waals surface area contributed by atoms with Crippen LogP contribution in [0.2, 0.25) is 0 Å². The van der Waals surface area contributed by atoms with E-state index in [2.05, 4.69) is 12.1 Å². The Morgan fingerprint density at radius 2 is 1.25 bits per heavy atom. The molecule has 0 aromatic heterocycles. The van der Waals surface area contributed by atoms with E-state index >= 15 is 0 Å². The van der Waals surface area contributed by atoms with Crippen molar-refractivity contribution in [2.45, 2.75) is 10.6 Å². The molecule has 0 nitrogen and oxygen atoms in total. The molecule has 0 aliphatic heterocycles. The molecule has 0 aliphatic rings. The standard InChI is InChI=1S/C13H12Cl2S/c14-16(15,13-9-5-2-6-10-13)11-12-7-3-1-4-8-12/h1-10H,11H2. The first-order valence-corrected chi connectivity index (χ1v) is 8.43. The minimum atomic E-state index is -1.77. The summed E-state index contributed by atoms with van der Waals surface area (Å²) in [5.74, 6) is 0.695. The van der Waals surface area contributed by atoms with Gasteiger partial charge >= 0.3 is 0 Å².